The van der Waals surface area contributed by atoms with Gasteiger partial charge in [0.1, 0.15) is 0 Å². The van der Waals surface area contributed by atoms with Crippen LogP contribution in [0.4, 0.5) is 0 Å². The summed E-state index contributed by atoms with van der Waals surface area (Å²) in [5.74, 6) is 0.935. The molecule has 0 aliphatic rings. The molecule has 0 fully saturated rings. The first-order chi connectivity index (χ1) is 10.0. The van der Waals surface area contributed by atoms with Crippen molar-refractivity contribution in [2.45, 2.75) is 106 Å². The molecule has 21 heavy (non-hydrogen) atoms. The molecule has 0 bridgehead atoms. The van der Waals surface area contributed by atoms with Crippen molar-refractivity contribution < 1.29 is 0 Å². The van der Waals surface area contributed by atoms with E-state index in [0.29, 0.717) is 0 Å². The van der Waals surface area contributed by atoms with Crippen molar-refractivity contribution in [3.63, 3.8) is 0 Å². The maximum atomic E-state index is 3.80. The van der Waals surface area contributed by atoms with Crippen LogP contribution in [0.5, 0.6) is 0 Å². The SMILES string of the molecule is CCC(Br)CCCC(CCCC(Br)CC)CCC(Br)CC. The van der Waals surface area contributed by atoms with Gasteiger partial charge in [0.15, 0.2) is 0 Å². The minimum absolute atomic E-state index is 0.721. The van der Waals surface area contributed by atoms with Crippen LogP contribution in [0.1, 0.15) is 91.4 Å². The molecule has 0 heterocycles. The van der Waals surface area contributed by atoms with Crippen molar-refractivity contribution in [3.8, 4) is 0 Å². The Bertz CT molecular complexity index is 205. The molecule has 0 rings (SSSR count). The molecule has 3 atom stereocenters. The predicted octanol–water partition coefficient (Wildman–Crippen LogP) is 8.24. The monoisotopic (exact) mass is 488 g/mol. The van der Waals surface area contributed by atoms with E-state index in [9.17, 15) is 0 Å². The standard InChI is InChI=1S/C18H35Br3/c1-4-16(19)11-7-9-15(13-14-18(21)6-3)10-8-12-17(20)5-2/h15-18H,4-14H2,1-3H3. The number of alkyl halides is 3. The second kappa shape index (κ2) is 15.0. The van der Waals surface area contributed by atoms with Crippen molar-refractivity contribution in [2.24, 2.45) is 5.92 Å². The van der Waals surface area contributed by atoms with E-state index in [1.807, 2.05) is 0 Å². The van der Waals surface area contributed by atoms with Crippen LogP contribution >= 0.6 is 47.8 Å². The van der Waals surface area contributed by atoms with Crippen LogP contribution in [0.3, 0.4) is 0 Å². The van der Waals surface area contributed by atoms with Crippen LogP contribution in [0.15, 0.2) is 0 Å². The van der Waals surface area contributed by atoms with Gasteiger partial charge in [-0.05, 0) is 50.9 Å². The highest BCUT2D eigenvalue weighted by Crippen LogP contribution is 2.27. The Morgan fingerprint density at radius 2 is 0.905 bits per heavy atom. The molecule has 3 heteroatoms. The van der Waals surface area contributed by atoms with Crippen molar-refractivity contribution in [3.05, 3.63) is 0 Å². The lowest BCUT2D eigenvalue weighted by atomic mass is 9.90. The Balaban J connectivity index is 4.01. The van der Waals surface area contributed by atoms with E-state index in [0.717, 1.165) is 20.4 Å². The molecule has 0 saturated carbocycles. The number of rotatable bonds is 14. The highest BCUT2D eigenvalue weighted by atomic mass is 79.9. The summed E-state index contributed by atoms with van der Waals surface area (Å²) in [4.78, 5) is 2.17. The van der Waals surface area contributed by atoms with Gasteiger partial charge in [0.2, 0.25) is 0 Å². The van der Waals surface area contributed by atoms with E-state index in [1.54, 1.807) is 0 Å². The Hall–Kier alpha value is 1.44. The van der Waals surface area contributed by atoms with Gasteiger partial charge in [-0.25, -0.2) is 0 Å². The normalized spacial score (nSPS) is 17.4. The topological polar surface area (TPSA) is 0 Å². The lowest BCUT2D eigenvalue weighted by Gasteiger charge is -2.19. The third-order valence-electron chi connectivity index (χ3n) is 4.48. The summed E-state index contributed by atoms with van der Waals surface area (Å²) in [6, 6.07) is 0. The molecular formula is C18H35Br3. The highest BCUT2D eigenvalue weighted by Gasteiger charge is 2.13. The van der Waals surface area contributed by atoms with Crippen LogP contribution in [-0.4, -0.2) is 14.5 Å². The number of hydrogen-bond donors (Lipinski definition) is 0. The smallest absolute Gasteiger partial charge is 0.0143 e. The first-order valence-corrected chi connectivity index (χ1v) is 11.7. The number of hydrogen-bond acceptors (Lipinski definition) is 0. The fraction of sp³-hybridized carbons (Fsp3) is 1.00. The third kappa shape index (κ3) is 13.6. The molecule has 0 aromatic carbocycles. The molecular weight excluding hydrogens is 456 g/mol. The van der Waals surface area contributed by atoms with Gasteiger partial charge in [0.25, 0.3) is 0 Å². The van der Waals surface area contributed by atoms with Crippen LogP contribution < -0.4 is 0 Å². The molecule has 0 amide bonds. The first kappa shape index (κ1) is 22.4. The zero-order chi connectivity index (χ0) is 16.1. The molecule has 0 radical (unpaired) electrons. The second-order valence-electron chi connectivity index (χ2n) is 6.32. The van der Waals surface area contributed by atoms with Gasteiger partial charge in [-0.15, -0.1) is 0 Å². The lowest BCUT2D eigenvalue weighted by molar-refractivity contribution is 0.375. The van der Waals surface area contributed by atoms with E-state index in [-0.39, 0.29) is 0 Å². The minimum atomic E-state index is 0.721. The summed E-state index contributed by atoms with van der Waals surface area (Å²) in [5, 5.41) is 0. The zero-order valence-electron chi connectivity index (χ0n) is 14.2. The lowest BCUT2D eigenvalue weighted by Crippen LogP contribution is -2.07. The first-order valence-electron chi connectivity index (χ1n) is 8.95. The Kier molecular flexibility index (Phi) is 16.0. The molecule has 0 N–H and O–H groups in total. The fourth-order valence-corrected chi connectivity index (χ4v) is 3.63. The predicted molar refractivity (Wildman–Crippen MR) is 109 cm³/mol. The minimum Gasteiger partial charge on any atom is -0.0891 e. The summed E-state index contributed by atoms with van der Waals surface area (Å²) in [5.41, 5.74) is 0. The number of halogens is 3. The van der Waals surface area contributed by atoms with Crippen LogP contribution in [0, 0.1) is 5.92 Å². The molecule has 0 spiro atoms. The molecule has 0 nitrogen and oxygen atoms in total. The summed E-state index contributed by atoms with van der Waals surface area (Å²) < 4.78 is 0. The summed E-state index contributed by atoms with van der Waals surface area (Å²) >= 11 is 11.3. The van der Waals surface area contributed by atoms with Gasteiger partial charge in [-0.3, -0.25) is 0 Å². The van der Waals surface area contributed by atoms with Gasteiger partial charge < -0.3 is 0 Å². The summed E-state index contributed by atoms with van der Waals surface area (Å²) in [7, 11) is 0. The largest absolute Gasteiger partial charge is 0.0891 e. The van der Waals surface area contributed by atoms with E-state index < -0.39 is 0 Å². The van der Waals surface area contributed by atoms with Gasteiger partial charge in [-0.2, -0.15) is 0 Å². The van der Waals surface area contributed by atoms with Gasteiger partial charge >= 0.3 is 0 Å². The molecule has 0 aliphatic carbocycles. The Morgan fingerprint density at radius 3 is 1.29 bits per heavy atom. The maximum absolute atomic E-state index is 3.80. The van der Waals surface area contributed by atoms with E-state index in [2.05, 4.69) is 68.6 Å². The Morgan fingerprint density at radius 1 is 0.524 bits per heavy atom. The summed E-state index contributed by atoms with van der Waals surface area (Å²) in [6.45, 7) is 6.82. The molecule has 3 unspecified atom stereocenters. The molecule has 0 aromatic heterocycles. The Labute approximate surface area is 159 Å². The fourth-order valence-electron chi connectivity index (χ4n) is 2.72. The third-order valence-corrected chi connectivity index (χ3v) is 7.79. The van der Waals surface area contributed by atoms with Crippen molar-refractivity contribution in [1.82, 2.24) is 0 Å². The van der Waals surface area contributed by atoms with Crippen LogP contribution in [0.25, 0.3) is 0 Å². The summed E-state index contributed by atoms with van der Waals surface area (Å²) in [6.07, 6.45) is 14.8. The average molecular weight is 491 g/mol. The van der Waals surface area contributed by atoms with Crippen LogP contribution in [-0.2, 0) is 0 Å². The molecule has 0 aromatic rings. The second-order valence-corrected chi connectivity index (χ2v) is 10.2. The van der Waals surface area contributed by atoms with E-state index in [1.165, 1.54) is 70.6 Å². The zero-order valence-corrected chi connectivity index (χ0v) is 19.0. The van der Waals surface area contributed by atoms with Crippen molar-refractivity contribution in [2.75, 3.05) is 0 Å². The van der Waals surface area contributed by atoms with Gasteiger partial charge in [0, 0.05) is 14.5 Å². The van der Waals surface area contributed by atoms with E-state index >= 15 is 0 Å². The maximum Gasteiger partial charge on any atom is 0.0143 e. The molecule has 0 saturated heterocycles. The molecule has 0 aliphatic heterocycles. The van der Waals surface area contributed by atoms with Crippen molar-refractivity contribution in [1.29, 1.82) is 0 Å². The van der Waals surface area contributed by atoms with E-state index in [4.69, 9.17) is 0 Å². The van der Waals surface area contributed by atoms with Crippen molar-refractivity contribution >= 4 is 47.8 Å². The highest BCUT2D eigenvalue weighted by molar-refractivity contribution is 9.10. The average Bonchev–Trinajstić information content (AvgIpc) is 2.50. The van der Waals surface area contributed by atoms with Gasteiger partial charge in [-0.1, -0.05) is 94.2 Å². The quantitative estimate of drug-likeness (QED) is 0.215. The molecule has 128 valence electrons. The van der Waals surface area contributed by atoms with Crippen LogP contribution in [0.2, 0.25) is 0 Å². The van der Waals surface area contributed by atoms with Gasteiger partial charge in [0.05, 0.1) is 0 Å².